The third kappa shape index (κ3) is 4.82. The van der Waals surface area contributed by atoms with Crippen LogP contribution in [0.2, 0.25) is 0 Å². The molecule has 2 aliphatic rings. The summed E-state index contributed by atoms with van der Waals surface area (Å²) >= 11 is 0. The number of allylic oxidation sites excluding steroid dienone is 2. The van der Waals surface area contributed by atoms with E-state index in [0.29, 0.717) is 24.2 Å². The molecule has 35 heavy (non-hydrogen) atoms. The Morgan fingerprint density at radius 3 is 2.60 bits per heavy atom. The van der Waals surface area contributed by atoms with E-state index >= 15 is 0 Å². The summed E-state index contributed by atoms with van der Waals surface area (Å²) in [6, 6.07) is 16.9. The van der Waals surface area contributed by atoms with Gasteiger partial charge in [0.05, 0.1) is 23.6 Å². The Balaban J connectivity index is 1.39. The SMILES string of the molecule is CC(C)CC(=O)NC(C[C@H]1CCC2=C1[C@@H](C)c1cnn(-c3ccc(F)cc3)c1C2)c1ccccc1. The van der Waals surface area contributed by atoms with E-state index in [0.717, 1.165) is 31.4 Å². The van der Waals surface area contributed by atoms with Crippen LogP contribution in [-0.2, 0) is 11.2 Å². The number of fused-ring (bicyclic) bond motifs is 1. The normalized spacial score (nSPS) is 20.0. The largest absolute Gasteiger partial charge is 0.349 e. The van der Waals surface area contributed by atoms with Crippen molar-refractivity contribution in [2.24, 2.45) is 11.8 Å². The van der Waals surface area contributed by atoms with Crippen LogP contribution in [0.5, 0.6) is 0 Å². The van der Waals surface area contributed by atoms with E-state index in [-0.39, 0.29) is 17.8 Å². The van der Waals surface area contributed by atoms with Gasteiger partial charge in [-0.1, -0.05) is 62.2 Å². The molecule has 0 spiro atoms. The lowest BCUT2D eigenvalue weighted by Crippen LogP contribution is -2.31. The average molecular weight is 472 g/mol. The molecule has 5 rings (SSSR count). The second-order valence-corrected chi connectivity index (χ2v) is 10.5. The summed E-state index contributed by atoms with van der Waals surface area (Å²) in [5, 5.41) is 8.03. The number of aromatic nitrogens is 2. The first-order valence-corrected chi connectivity index (χ1v) is 12.8. The van der Waals surface area contributed by atoms with E-state index in [4.69, 9.17) is 0 Å². The fraction of sp³-hybridized carbons (Fsp3) is 0.400. The number of nitrogens with zero attached hydrogens (tertiary/aromatic N) is 2. The molecule has 1 N–H and O–H groups in total. The second-order valence-electron chi connectivity index (χ2n) is 10.5. The quantitative estimate of drug-likeness (QED) is 0.391. The van der Waals surface area contributed by atoms with Gasteiger partial charge in [-0.3, -0.25) is 4.79 Å². The molecule has 0 aliphatic heterocycles. The van der Waals surface area contributed by atoms with E-state index < -0.39 is 0 Å². The number of hydrogen-bond acceptors (Lipinski definition) is 2. The zero-order valence-electron chi connectivity index (χ0n) is 20.8. The summed E-state index contributed by atoms with van der Waals surface area (Å²) in [6.45, 7) is 6.45. The van der Waals surface area contributed by atoms with Crippen LogP contribution in [0.1, 0.15) is 75.2 Å². The predicted molar refractivity (Wildman–Crippen MR) is 137 cm³/mol. The zero-order chi connectivity index (χ0) is 24.5. The van der Waals surface area contributed by atoms with Gasteiger partial charge in [-0.15, -0.1) is 0 Å². The molecule has 0 fully saturated rings. The smallest absolute Gasteiger partial charge is 0.220 e. The van der Waals surface area contributed by atoms with Crippen molar-refractivity contribution in [2.45, 2.75) is 64.8 Å². The third-order valence-electron chi connectivity index (χ3n) is 7.58. The number of hydrogen-bond donors (Lipinski definition) is 1. The van der Waals surface area contributed by atoms with Gasteiger partial charge in [-0.2, -0.15) is 5.10 Å². The molecule has 3 atom stereocenters. The summed E-state index contributed by atoms with van der Waals surface area (Å²) in [6.07, 6.45) is 6.54. The standard InChI is InChI=1S/C30H34FN3O/c1-19(2)15-29(35)33-27(21-7-5-4-6-8-21)16-22-9-10-23-17-28-26(20(3)30(22)23)18-32-34(28)25-13-11-24(31)12-14-25/h4-8,11-14,18-20,22,27H,9-10,15-17H2,1-3H3,(H,33,35)/t20-,22+,27?/m0/s1. The van der Waals surface area contributed by atoms with Crippen molar-refractivity contribution >= 4 is 5.91 Å². The fourth-order valence-electron chi connectivity index (χ4n) is 6.00. The van der Waals surface area contributed by atoms with Gasteiger partial charge < -0.3 is 5.32 Å². The van der Waals surface area contributed by atoms with Gasteiger partial charge in [0.25, 0.3) is 0 Å². The summed E-state index contributed by atoms with van der Waals surface area (Å²) in [5.41, 5.74) is 7.60. The minimum atomic E-state index is -0.236. The summed E-state index contributed by atoms with van der Waals surface area (Å²) in [7, 11) is 0. The van der Waals surface area contributed by atoms with Crippen LogP contribution in [0.3, 0.4) is 0 Å². The molecule has 1 unspecified atom stereocenters. The van der Waals surface area contributed by atoms with Crippen molar-refractivity contribution in [3.05, 3.63) is 94.6 Å². The van der Waals surface area contributed by atoms with E-state index in [1.807, 2.05) is 16.9 Å². The Morgan fingerprint density at radius 1 is 1.14 bits per heavy atom. The van der Waals surface area contributed by atoms with E-state index in [1.165, 1.54) is 40.1 Å². The molecule has 5 heteroatoms. The number of rotatable bonds is 7. The minimum Gasteiger partial charge on any atom is -0.349 e. The first-order chi connectivity index (χ1) is 16.9. The maximum atomic E-state index is 13.5. The van der Waals surface area contributed by atoms with Crippen LogP contribution in [0.4, 0.5) is 4.39 Å². The Bertz CT molecular complexity index is 1230. The molecule has 2 aliphatic carbocycles. The number of benzene rings is 2. The molecule has 0 saturated carbocycles. The summed E-state index contributed by atoms with van der Waals surface area (Å²) in [4.78, 5) is 12.7. The van der Waals surface area contributed by atoms with Crippen molar-refractivity contribution in [1.82, 2.24) is 15.1 Å². The molecule has 1 aromatic heterocycles. The van der Waals surface area contributed by atoms with Crippen LogP contribution < -0.4 is 5.32 Å². The van der Waals surface area contributed by atoms with Crippen molar-refractivity contribution in [1.29, 1.82) is 0 Å². The predicted octanol–water partition coefficient (Wildman–Crippen LogP) is 6.67. The van der Waals surface area contributed by atoms with Crippen molar-refractivity contribution < 1.29 is 9.18 Å². The monoisotopic (exact) mass is 471 g/mol. The highest BCUT2D eigenvalue weighted by atomic mass is 19.1. The number of carbonyl (C=O) groups excluding carboxylic acids is 1. The number of amides is 1. The Kier molecular flexibility index (Phi) is 6.59. The maximum Gasteiger partial charge on any atom is 0.220 e. The number of nitrogens with one attached hydrogen (secondary N) is 1. The van der Waals surface area contributed by atoms with Crippen LogP contribution >= 0.6 is 0 Å². The van der Waals surface area contributed by atoms with Gasteiger partial charge in [0, 0.05) is 24.3 Å². The van der Waals surface area contributed by atoms with E-state index in [1.54, 1.807) is 12.1 Å². The van der Waals surface area contributed by atoms with Gasteiger partial charge in [-0.05, 0) is 60.9 Å². The molecule has 0 saturated heterocycles. The molecule has 3 aromatic rings. The molecule has 0 bridgehead atoms. The lowest BCUT2D eigenvalue weighted by molar-refractivity contribution is -0.122. The second kappa shape index (κ2) is 9.80. The lowest BCUT2D eigenvalue weighted by Gasteiger charge is -2.30. The number of halogens is 1. The van der Waals surface area contributed by atoms with E-state index in [2.05, 4.69) is 55.5 Å². The molecular formula is C30H34FN3O. The van der Waals surface area contributed by atoms with Crippen LogP contribution in [0, 0.1) is 17.7 Å². The highest BCUT2D eigenvalue weighted by molar-refractivity contribution is 5.76. The molecule has 1 amide bonds. The van der Waals surface area contributed by atoms with Gasteiger partial charge in [0.15, 0.2) is 0 Å². The lowest BCUT2D eigenvalue weighted by atomic mass is 9.77. The highest BCUT2D eigenvalue weighted by Crippen LogP contribution is 2.49. The van der Waals surface area contributed by atoms with Crippen LogP contribution in [0.25, 0.3) is 5.69 Å². The van der Waals surface area contributed by atoms with Crippen molar-refractivity contribution in [3.8, 4) is 5.69 Å². The molecule has 0 radical (unpaired) electrons. The molecule has 4 nitrogen and oxygen atoms in total. The Morgan fingerprint density at radius 2 is 1.89 bits per heavy atom. The number of carbonyl (C=O) groups is 1. The van der Waals surface area contributed by atoms with Crippen molar-refractivity contribution in [3.63, 3.8) is 0 Å². The zero-order valence-corrected chi connectivity index (χ0v) is 20.8. The topological polar surface area (TPSA) is 46.9 Å². The van der Waals surface area contributed by atoms with Crippen molar-refractivity contribution in [2.75, 3.05) is 0 Å². The fourth-order valence-corrected chi connectivity index (χ4v) is 6.00. The molecule has 182 valence electrons. The Labute approximate surface area is 207 Å². The van der Waals surface area contributed by atoms with Gasteiger partial charge in [0.2, 0.25) is 5.91 Å². The maximum absolute atomic E-state index is 13.5. The van der Waals surface area contributed by atoms with Gasteiger partial charge in [-0.25, -0.2) is 9.07 Å². The highest BCUT2D eigenvalue weighted by Gasteiger charge is 2.37. The van der Waals surface area contributed by atoms with Gasteiger partial charge >= 0.3 is 0 Å². The molecule has 1 heterocycles. The summed E-state index contributed by atoms with van der Waals surface area (Å²) < 4.78 is 15.4. The molecule has 2 aromatic carbocycles. The van der Waals surface area contributed by atoms with Crippen LogP contribution in [0.15, 0.2) is 71.9 Å². The van der Waals surface area contributed by atoms with Crippen LogP contribution in [-0.4, -0.2) is 15.7 Å². The summed E-state index contributed by atoms with van der Waals surface area (Å²) in [5.74, 6) is 0.951. The van der Waals surface area contributed by atoms with Gasteiger partial charge in [0.1, 0.15) is 5.82 Å². The average Bonchev–Trinajstić information content (AvgIpc) is 3.44. The third-order valence-corrected chi connectivity index (χ3v) is 7.58. The Hall–Kier alpha value is -3.21. The van der Waals surface area contributed by atoms with E-state index in [9.17, 15) is 9.18 Å². The first kappa shape index (κ1) is 23.5. The molecular weight excluding hydrogens is 437 g/mol. The first-order valence-electron chi connectivity index (χ1n) is 12.8. The minimum absolute atomic E-state index is 0.00911.